The number of anilines is 1. The highest BCUT2D eigenvalue weighted by Crippen LogP contribution is 2.40. The summed E-state index contributed by atoms with van der Waals surface area (Å²) in [5.41, 5.74) is 2.96. The van der Waals surface area contributed by atoms with E-state index in [1.54, 1.807) is 7.11 Å². The van der Waals surface area contributed by atoms with E-state index in [-0.39, 0.29) is 0 Å². The SMILES string of the molecule is CCNC(=NCc1ccc(N2CCSCC2)cc1)NCC1(CCOC)CCCC1. The predicted molar refractivity (Wildman–Crippen MR) is 126 cm³/mol. The smallest absolute Gasteiger partial charge is 0.191 e. The van der Waals surface area contributed by atoms with Crippen molar-refractivity contribution < 1.29 is 4.74 Å². The lowest BCUT2D eigenvalue weighted by Gasteiger charge is -2.30. The van der Waals surface area contributed by atoms with Gasteiger partial charge in [-0.2, -0.15) is 11.8 Å². The van der Waals surface area contributed by atoms with E-state index in [9.17, 15) is 0 Å². The zero-order valence-corrected chi connectivity index (χ0v) is 19.0. The average Bonchev–Trinajstić information content (AvgIpc) is 3.24. The van der Waals surface area contributed by atoms with Gasteiger partial charge in [0.25, 0.3) is 0 Å². The molecule has 0 radical (unpaired) electrons. The molecule has 0 unspecified atom stereocenters. The van der Waals surface area contributed by atoms with Crippen molar-refractivity contribution in [1.29, 1.82) is 0 Å². The second kappa shape index (κ2) is 11.7. The average molecular weight is 419 g/mol. The van der Waals surface area contributed by atoms with Crippen LogP contribution in [0.5, 0.6) is 0 Å². The van der Waals surface area contributed by atoms with Gasteiger partial charge in [-0.25, -0.2) is 4.99 Å². The lowest BCUT2D eigenvalue weighted by atomic mass is 9.83. The molecule has 0 aromatic heterocycles. The van der Waals surface area contributed by atoms with Crippen molar-refractivity contribution in [1.82, 2.24) is 10.6 Å². The summed E-state index contributed by atoms with van der Waals surface area (Å²) in [6.07, 6.45) is 6.38. The fourth-order valence-electron chi connectivity index (χ4n) is 4.38. The molecule has 2 N–H and O–H groups in total. The highest BCUT2D eigenvalue weighted by atomic mass is 32.2. The number of hydrogen-bond acceptors (Lipinski definition) is 4. The lowest BCUT2D eigenvalue weighted by Crippen LogP contribution is -2.43. The molecule has 0 bridgehead atoms. The van der Waals surface area contributed by atoms with E-state index in [2.05, 4.69) is 46.7 Å². The maximum Gasteiger partial charge on any atom is 0.191 e. The first kappa shape index (κ1) is 22.3. The van der Waals surface area contributed by atoms with Crippen LogP contribution in [0.1, 0.15) is 44.6 Å². The minimum Gasteiger partial charge on any atom is -0.385 e. The van der Waals surface area contributed by atoms with Crippen molar-refractivity contribution in [3.8, 4) is 0 Å². The van der Waals surface area contributed by atoms with E-state index >= 15 is 0 Å². The Labute approximate surface area is 181 Å². The summed E-state index contributed by atoms with van der Waals surface area (Å²) in [5.74, 6) is 3.39. The molecule has 1 aliphatic heterocycles. The maximum absolute atomic E-state index is 5.36. The molecule has 1 aromatic carbocycles. The summed E-state index contributed by atoms with van der Waals surface area (Å²) in [5, 5.41) is 7.03. The number of nitrogens with zero attached hydrogens (tertiary/aromatic N) is 2. The zero-order valence-electron chi connectivity index (χ0n) is 18.2. The minimum absolute atomic E-state index is 0.362. The van der Waals surface area contributed by atoms with Crippen molar-refractivity contribution in [2.75, 3.05) is 56.3 Å². The molecule has 1 saturated heterocycles. The Bertz CT molecular complexity index is 622. The maximum atomic E-state index is 5.36. The third-order valence-corrected chi connectivity index (χ3v) is 7.15. The van der Waals surface area contributed by atoms with Crippen molar-refractivity contribution in [2.45, 2.75) is 45.6 Å². The van der Waals surface area contributed by atoms with E-state index in [1.807, 2.05) is 11.8 Å². The molecule has 5 nitrogen and oxygen atoms in total. The predicted octanol–water partition coefficient (Wildman–Crippen LogP) is 3.89. The van der Waals surface area contributed by atoms with Gasteiger partial charge in [0.1, 0.15) is 0 Å². The van der Waals surface area contributed by atoms with Gasteiger partial charge in [0, 0.05) is 57.1 Å². The normalized spacial score (nSPS) is 19.4. The monoisotopic (exact) mass is 418 g/mol. The molecule has 0 atom stereocenters. The number of rotatable bonds is 9. The molecule has 162 valence electrons. The quantitative estimate of drug-likeness (QED) is 0.471. The van der Waals surface area contributed by atoms with Crippen LogP contribution in [0.2, 0.25) is 0 Å². The molecule has 2 aliphatic rings. The number of hydrogen-bond donors (Lipinski definition) is 2. The van der Waals surface area contributed by atoms with Crippen LogP contribution in [-0.4, -0.2) is 57.4 Å². The zero-order chi connectivity index (χ0) is 20.4. The number of benzene rings is 1. The first-order chi connectivity index (χ1) is 14.2. The van der Waals surface area contributed by atoms with Crippen molar-refractivity contribution >= 4 is 23.4 Å². The van der Waals surface area contributed by atoms with Crippen LogP contribution in [0.15, 0.2) is 29.3 Å². The molecule has 6 heteroatoms. The highest BCUT2D eigenvalue weighted by Gasteiger charge is 2.33. The number of methoxy groups -OCH3 is 1. The van der Waals surface area contributed by atoms with Crippen LogP contribution in [-0.2, 0) is 11.3 Å². The van der Waals surface area contributed by atoms with Crippen LogP contribution in [0, 0.1) is 5.41 Å². The summed E-state index contributed by atoms with van der Waals surface area (Å²) in [7, 11) is 1.80. The number of ether oxygens (including phenoxy) is 1. The summed E-state index contributed by atoms with van der Waals surface area (Å²) < 4.78 is 5.36. The Morgan fingerprint density at radius 1 is 1.14 bits per heavy atom. The van der Waals surface area contributed by atoms with E-state index in [4.69, 9.17) is 9.73 Å². The van der Waals surface area contributed by atoms with E-state index in [0.29, 0.717) is 12.0 Å². The van der Waals surface area contributed by atoms with Crippen LogP contribution < -0.4 is 15.5 Å². The summed E-state index contributed by atoms with van der Waals surface area (Å²) >= 11 is 2.05. The lowest BCUT2D eigenvalue weighted by molar-refractivity contribution is 0.138. The molecule has 1 saturated carbocycles. The van der Waals surface area contributed by atoms with Crippen LogP contribution in [0.4, 0.5) is 5.69 Å². The van der Waals surface area contributed by atoms with Gasteiger partial charge in [0.2, 0.25) is 0 Å². The minimum atomic E-state index is 0.362. The van der Waals surface area contributed by atoms with E-state index in [1.165, 1.54) is 48.4 Å². The van der Waals surface area contributed by atoms with Gasteiger partial charge in [0.15, 0.2) is 5.96 Å². The van der Waals surface area contributed by atoms with Gasteiger partial charge in [-0.1, -0.05) is 25.0 Å². The van der Waals surface area contributed by atoms with Crippen LogP contribution in [0.25, 0.3) is 0 Å². The topological polar surface area (TPSA) is 48.9 Å². The molecule has 1 aromatic rings. The van der Waals surface area contributed by atoms with Crippen molar-refractivity contribution in [3.63, 3.8) is 0 Å². The molecule has 1 heterocycles. The Balaban J connectivity index is 1.55. The molecule has 3 rings (SSSR count). The van der Waals surface area contributed by atoms with Crippen LogP contribution in [0.3, 0.4) is 0 Å². The largest absolute Gasteiger partial charge is 0.385 e. The van der Waals surface area contributed by atoms with Gasteiger partial charge in [-0.15, -0.1) is 0 Å². The second-order valence-electron chi connectivity index (χ2n) is 8.26. The van der Waals surface area contributed by atoms with Crippen molar-refractivity contribution in [3.05, 3.63) is 29.8 Å². The molecule has 0 spiro atoms. The molecular formula is C23H38N4OS. The number of aliphatic imine (C=N–C) groups is 1. The molecule has 2 fully saturated rings. The first-order valence-electron chi connectivity index (χ1n) is 11.2. The fraction of sp³-hybridized carbons (Fsp3) is 0.696. The second-order valence-corrected chi connectivity index (χ2v) is 9.49. The fourth-order valence-corrected chi connectivity index (χ4v) is 5.28. The van der Waals surface area contributed by atoms with Gasteiger partial charge in [-0.3, -0.25) is 0 Å². The highest BCUT2D eigenvalue weighted by molar-refractivity contribution is 7.99. The van der Waals surface area contributed by atoms with E-state index < -0.39 is 0 Å². The van der Waals surface area contributed by atoms with Gasteiger partial charge in [-0.05, 0) is 49.3 Å². The summed E-state index contributed by atoms with van der Waals surface area (Å²) in [4.78, 5) is 7.33. The Kier molecular flexibility index (Phi) is 8.99. The third-order valence-electron chi connectivity index (χ3n) is 6.21. The molecule has 29 heavy (non-hydrogen) atoms. The molecular weight excluding hydrogens is 380 g/mol. The standard InChI is InChI=1S/C23H38N4OS/c1-3-24-22(26-19-23(12-15-28-2)10-4-5-11-23)25-18-20-6-8-21(9-7-20)27-13-16-29-17-14-27/h6-9H,3-5,10-19H2,1-2H3,(H2,24,25,26). The van der Waals surface area contributed by atoms with E-state index in [0.717, 1.165) is 45.2 Å². The molecule has 0 amide bonds. The Morgan fingerprint density at radius 2 is 1.86 bits per heavy atom. The van der Waals surface area contributed by atoms with Gasteiger partial charge >= 0.3 is 0 Å². The third kappa shape index (κ3) is 6.82. The number of nitrogens with one attached hydrogen (secondary N) is 2. The molecule has 1 aliphatic carbocycles. The number of guanidine groups is 1. The summed E-state index contributed by atoms with van der Waals surface area (Å²) in [6.45, 7) is 7.84. The Morgan fingerprint density at radius 3 is 2.52 bits per heavy atom. The van der Waals surface area contributed by atoms with Gasteiger partial charge in [0.05, 0.1) is 6.54 Å². The van der Waals surface area contributed by atoms with Gasteiger partial charge < -0.3 is 20.3 Å². The summed E-state index contributed by atoms with van der Waals surface area (Å²) in [6, 6.07) is 8.95. The van der Waals surface area contributed by atoms with Crippen LogP contribution >= 0.6 is 11.8 Å². The first-order valence-corrected chi connectivity index (χ1v) is 12.3. The van der Waals surface area contributed by atoms with Crippen molar-refractivity contribution in [2.24, 2.45) is 10.4 Å². The Hall–Kier alpha value is -1.40. The number of thioether (sulfide) groups is 1.